The van der Waals surface area contributed by atoms with Crippen molar-refractivity contribution in [3.05, 3.63) is 76.7 Å². The first-order chi connectivity index (χ1) is 14.2. The van der Waals surface area contributed by atoms with Crippen LogP contribution in [-0.2, 0) is 16.4 Å². The molecule has 154 valence electrons. The normalized spacial score (nSPS) is 11.7. The molecule has 6 nitrogen and oxygen atoms in total. The molecule has 0 radical (unpaired) electrons. The van der Waals surface area contributed by atoms with Crippen molar-refractivity contribution < 1.29 is 17.6 Å². The smallest absolute Gasteiger partial charge is 0.260 e. The highest BCUT2D eigenvalue weighted by atomic mass is 35.5. The van der Waals surface area contributed by atoms with Crippen molar-refractivity contribution >= 4 is 54.0 Å². The number of hydrogen-bond acceptors (Lipinski definition) is 6. The molecule has 0 aliphatic rings. The Balaban J connectivity index is 1.76. The van der Waals surface area contributed by atoms with E-state index in [9.17, 15) is 13.2 Å². The lowest BCUT2D eigenvalue weighted by Gasteiger charge is -2.19. The number of carbonyl (C=O) groups is 1. The molecular formula is C21H17ClN2O4S2. The highest BCUT2D eigenvalue weighted by Gasteiger charge is 2.24. The molecule has 0 aliphatic heterocycles. The van der Waals surface area contributed by atoms with Crippen molar-refractivity contribution in [2.24, 2.45) is 0 Å². The molecule has 0 saturated heterocycles. The molecule has 2 aromatic carbocycles. The number of fused-ring (bicyclic) bond motifs is 1. The summed E-state index contributed by atoms with van der Waals surface area (Å²) in [7, 11) is -3.35. The van der Waals surface area contributed by atoms with Gasteiger partial charge in [0.1, 0.15) is 5.76 Å². The Hall–Kier alpha value is -2.68. The van der Waals surface area contributed by atoms with E-state index in [1.807, 2.05) is 19.1 Å². The van der Waals surface area contributed by atoms with E-state index in [1.165, 1.54) is 40.5 Å². The fourth-order valence-electron chi connectivity index (χ4n) is 2.99. The van der Waals surface area contributed by atoms with E-state index < -0.39 is 9.84 Å². The minimum Gasteiger partial charge on any atom is -0.467 e. The molecule has 0 N–H and O–H groups in total. The molecule has 4 rings (SSSR count). The Morgan fingerprint density at radius 1 is 1.17 bits per heavy atom. The topological polar surface area (TPSA) is 80.5 Å². The van der Waals surface area contributed by atoms with Crippen molar-refractivity contribution in [2.75, 3.05) is 11.2 Å². The quantitative estimate of drug-likeness (QED) is 0.413. The first kappa shape index (κ1) is 20.6. The van der Waals surface area contributed by atoms with Crippen LogP contribution < -0.4 is 4.90 Å². The highest BCUT2D eigenvalue weighted by molar-refractivity contribution is 7.90. The van der Waals surface area contributed by atoms with Gasteiger partial charge < -0.3 is 4.42 Å². The minimum atomic E-state index is -3.35. The third kappa shape index (κ3) is 3.98. The number of benzene rings is 2. The van der Waals surface area contributed by atoms with Gasteiger partial charge in [-0.05, 0) is 61.0 Å². The SMILES string of the molecule is Cc1c(Cl)ccc2sc(N(Cc3ccco3)C(=O)c3ccc(S(C)(=O)=O)cc3)nc12. The summed E-state index contributed by atoms with van der Waals surface area (Å²) in [4.78, 5) is 19.7. The summed E-state index contributed by atoms with van der Waals surface area (Å²) in [6.07, 6.45) is 2.67. The minimum absolute atomic E-state index is 0.155. The van der Waals surface area contributed by atoms with Crippen LogP contribution in [0.25, 0.3) is 10.2 Å². The maximum absolute atomic E-state index is 13.3. The number of thiazole rings is 1. The number of carbonyl (C=O) groups excluding carboxylic acids is 1. The van der Waals surface area contributed by atoms with Crippen LogP contribution in [0.3, 0.4) is 0 Å². The van der Waals surface area contributed by atoms with Gasteiger partial charge in [-0.2, -0.15) is 0 Å². The number of halogens is 1. The fraction of sp³-hybridized carbons (Fsp3) is 0.143. The molecule has 2 aromatic heterocycles. The van der Waals surface area contributed by atoms with E-state index in [0.29, 0.717) is 21.5 Å². The number of sulfone groups is 1. The van der Waals surface area contributed by atoms with Crippen molar-refractivity contribution in [1.82, 2.24) is 4.98 Å². The van der Waals surface area contributed by atoms with Gasteiger partial charge in [0.05, 0.1) is 27.9 Å². The van der Waals surface area contributed by atoms with Crippen molar-refractivity contribution in [3.63, 3.8) is 0 Å². The van der Waals surface area contributed by atoms with Gasteiger partial charge in [-0.15, -0.1) is 0 Å². The largest absolute Gasteiger partial charge is 0.467 e. The molecule has 0 fully saturated rings. The lowest BCUT2D eigenvalue weighted by Crippen LogP contribution is -2.30. The van der Waals surface area contributed by atoms with E-state index in [4.69, 9.17) is 16.0 Å². The molecule has 0 unspecified atom stereocenters. The summed E-state index contributed by atoms with van der Waals surface area (Å²) in [5, 5.41) is 1.11. The second kappa shape index (κ2) is 7.86. The average molecular weight is 461 g/mol. The van der Waals surface area contributed by atoms with Gasteiger partial charge in [-0.3, -0.25) is 9.69 Å². The van der Waals surface area contributed by atoms with Crippen LogP contribution in [0.5, 0.6) is 0 Å². The van der Waals surface area contributed by atoms with Crippen molar-refractivity contribution in [3.8, 4) is 0 Å². The zero-order valence-corrected chi connectivity index (χ0v) is 18.5. The summed E-state index contributed by atoms with van der Waals surface area (Å²) < 4.78 is 29.8. The maximum Gasteiger partial charge on any atom is 0.260 e. The number of nitrogens with zero attached hydrogens (tertiary/aromatic N) is 2. The van der Waals surface area contributed by atoms with Crippen LogP contribution in [-0.4, -0.2) is 25.6 Å². The van der Waals surface area contributed by atoms with E-state index in [0.717, 1.165) is 22.0 Å². The number of hydrogen-bond donors (Lipinski definition) is 0. The Bertz CT molecular complexity index is 1330. The van der Waals surface area contributed by atoms with E-state index >= 15 is 0 Å². The lowest BCUT2D eigenvalue weighted by molar-refractivity contribution is 0.0983. The molecule has 0 atom stereocenters. The predicted molar refractivity (Wildman–Crippen MR) is 118 cm³/mol. The van der Waals surface area contributed by atoms with Crippen molar-refractivity contribution in [2.45, 2.75) is 18.4 Å². The molecule has 2 heterocycles. The number of anilines is 1. The van der Waals surface area contributed by atoms with Gasteiger partial charge in [-0.1, -0.05) is 22.9 Å². The Labute approximate surface area is 182 Å². The molecule has 1 amide bonds. The molecule has 9 heteroatoms. The van der Waals surface area contributed by atoms with Crippen molar-refractivity contribution in [1.29, 1.82) is 0 Å². The average Bonchev–Trinajstić information content (AvgIpc) is 3.38. The lowest BCUT2D eigenvalue weighted by atomic mass is 10.2. The van der Waals surface area contributed by atoms with Gasteiger partial charge in [0, 0.05) is 16.8 Å². The second-order valence-electron chi connectivity index (χ2n) is 6.78. The molecule has 0 spiro atoms. The third-order valence-corrected chi connectivity index (χ3v) is 7.22. The monoisotopic (exact) mass is 460 g/mol. The van der Waals surface area contributed by atoms with Crippen LogP contribution >= 0.6 is 22.9 Å². The van der Waals surface area contributed by atoms with Gasteiger partial charge in [-0.25, -0.2) is 13.4 Å². The van der Waals surface area contributed by atoms with E-state index in [2.05, 4.69) is 4.98 Å². The number of furan rings is 1. The molecule has 4 aromatic rings. The number of aromatic nitrogens is 1. The first-order valence-corrected chi connectivity index (χ1v) is 12.0. The van der Waals surface area contributed by atoms with Crippen LogP contribution in [0.4, 0.5) is 5.13 Å². The molecule has 0 aliphatic carbocycles. The van der Waals surface area contributed by atoms with E-state index in [-0.39, 0.29) is 17.3 Å². The number of aryl methyl sites for hydroxylation is 1. The summed E-state index contributed by atoms with van der Waals surface area (Å²) in [5.41, 5.74) is 1.94. The van der Waals surface area contributed by atoms with Gasteiger partial charge in [0.25, 0.3) is 5.91 Å². The van der Waals surface area contributed by atoms with Gasteiger partial charge in [0.15, 0.2) is 15.0 Å². The molecule has 0 bridgehead atoms. The van der Waals surface area contributed by atoms with Crippen LogP contribution in [0.2, 0.25) is 5.02 Å². The maximum atomic E-state index is 13.3. The molecule has 0 saturated carbocycles. The predicted octanol–water partition coefficient (Wildman–Crippen LogP) is 5.10. The number of rotatable bonds is 5. The third-order valence-electron chi connectivity index (χ3n) is 4.64. The zero-order chi connectivity index (χ0) is 21.5. The Morgan fingerprint density at radius 3 is 2.53 bits per heavy atom. The van der Waals surface area contributed by atoms with Crippen LogP contribution in [0, 0.1) is 6.92 Å². The summed E-state index contributed by atoms with van der Waals surface area (Å²) in [6, 6.07) is 13.1. The summed E-state index contributed by atoms with van der Waals surface area (Å²) >= 11 is 7.60. The van der Waals surface area contributed by atoms with Gasteiger partial charge in [0.2, 0.25) is 0 Å². The Morgan fingerprint density at radius 2 is 1.90 bits per heavy atom. The second-order valence-corrected chi connectivity index (χ2v) is 10.2. The Kier molecular flexibility index (Phi) is 5.40. The summed E-state index contributed by atoms with van der Waals surface area (Å²) in [6.45, 7) is 2.07. The summed E-state index contributed by atoms with van der Waals surface area (Å²) in [5.74, 6) is 0.291. The fourth-order valence-corrected chi connectivity index (χ4v) is 4.80. The zero-order valence-electron chi connectivity index (χ0n) is 16.1. The highest BCUT2D eigenvalue weighted by Crippen LogP contribution is 2.34. The molecule has 30 heavy (non-hydrogen) atoms. The number of amides is 1. The van der Waals surface area contributed by atoms with Crippen LogP contribution in [0.1, 0.15) is 21.7 Å². The van der Waals surface area contributed by atoms with Crippen LogP contribution in [0.15, 0.2) is 64.1 Å². The first-order valence-electron chi connectivity index (χ1n) is 8.94. The molecular weight excluding hydrogens is 444 g/mol. The van der Waals surface area contributed by atoms with Gasteiger partial charge >= 0.3 is 0 Å². The van der Waals surface area contributed by atoms with E-state index in [1.54, 1.807) is 18.4 Å². The standard InChI is InChI=1S/C21H17ClN2O4S2/c1-13-17(22)9-10-18-19(13)23-21(29-18)24(12-15-4-3-11-28-15)20(25)14-5-7-16(8-6-14)30(2,26)27/h3-11H,12H2,1-2H3.